The molecule has 0 unspecified atom stereocenters. The highest BCUT2D eigenvalue weighted by molar-refractivity contribution is 5.94. The van der Waals surface area contributed by atoms with Crippen LogP contribution in [0.4, 0.5) is 0 Å². The molecule has 4 rings (SSSR count). The third-order valence-electron chi connectivity index (χ3n) is 10.6. The van der Waals surface area contributed by atoms with Crippen LogP contribution in [0.25, 0.3) is 0 Å². The second-order valence-electron chi connectivity index (χ2n) is 14.4. The number of ketones is 1. The molecule has 0 amide bonds. The number of hydrogen-bond acceptors (Lipinski definition) is 2. The van der Waals surface area contributed by atoms with E-state index in [0.29, 0.717) is 23.0 Å². The zero-order valence-electron chi connectivity index (χ0n) is 23.0. The summed E-state index contributed by atoms with van der Waals surface area (Å²) in [6, 6.07) is 0. The van der Waals surface area contributed by atoms with E-state index in [9.17, 15) is 4.79 Å². The summed E-state index contributed by atoms with van der Waals surface area (Å²) in [5.74, 6) is 4.29. The number of hydrogen-bond donors (Lipinski definition) is 0. The van der Waals surface area contributed by atoms with Crippen molar-refractivity contribution in [2.45, 2.75) is 131 Å². The van der Waals surface area contributed by atoms with Crippen molar-refractivity contribution < 1.29 is 9.53 Å². The SMILES string of the molecule is CC(C)CCC[C@H](C)[C@@H]1CC[C@@H]2[C@H]3C(=O)C=C4C[C@@H](OC(C)(C)C)CC[C@]4(C)[C@@H]3CC[C@@]21C. The summed E-state index contributed by atoms with van der Waals surface area (Å²) in [5, 5.41) is 0. The topological polar surface area (TPSA) is 26.3 Å². The van der Waals surface area contributed by atoms with Gasteiger partial charge in [0.1, 0.15) is 0 Å². The van der Waals surface area contributed by atoms with Gasteiger partial charge in [-0.25, -0.2) is 0 Å². The zero-order valence-corrected chi connectivity index (χ0v) is 23.0. The van der Waals surface area contributed by atoms with Gasteiger partial charge in [0.05, 0.1) is 11.7 Å². The van der Waals surface area contributed by atoms with Crippen LogP contribution in [0.3, 0.4) is 0 Å². The molecule has 2 heteroatoms. The number of fused-ring (bicyclic) bond motifs is 5. The summed E-state index contributed by atoms with van der Waals surface area (Å²) in [5.41, 5.74) is 1.87. The van der Waals surface area contributed by atoms with Crippen molar-refractivity contribution in [3.63, 3.8) is 0 Å². The highest BCUT2D eigenvalue weighted by atomic mass is 16.5. The molecule has 0 aromatic carbocycles. The number of allylic oxidation sites excluding steroid dienone is 1. The lowest BCUT2D eigenvalue weighted by molar-refractivity contribution is -0.137. The summed E-state index contributed by atoms with van der Waals surface area (Å²) in [6.45, 7) is 18.7. The smallest absolute Gasteiger partial charge is 0.159 e. The third kappa shape index (κ3) is 4.76. The molecule has 4 aliphatic rings. The van der Waals surface area contributed by atoms with Crippen molar-refractivity contribution in [1.82, 2.24) is 0 Å². The van der Waals surface area contributed by atoms with Gasteiger partial charge in [0.15, 0.2) is 5.78 Å². The molecule has 0 spiro atoms. The minimum atomic E-state index is -0.114. The Morgan fingerprint density at radius 2 is 1.73 bits per heavy atom. The van der Waals surface area contributed by atoms with E-state index in [2.05, 4.69) is 61.5 Å². The van der Waals surface area contributed by atoms with Gasteiger partial charge in [-0.05, 0) is 112 Å². The monoisotopic (exact) mass is 456 g/mol. The zero-order chi connectivity index (χ0) is 24.2. The molecule has 3 fully saturated rings. The molecule has 0 aliphatic heterocycles. The molecule has 33 heavy (non-hydrogen) atoms. The Bertz CT molecular complexity index is 757. The van der Waals surface area contributed by atoms with Crippen LogP contribution >= 0.6 is 0 Å². The molecule has 0 N–H and O–H groups in total. The minimum Gasteiger partial charge on any atom is -0.372 e. The fraction of sp³-hybridized carbons (Fsp3) is 0.903. The molecule has 188 valence electrons. The van der Waals surface area contributed by atoms with E-state index in [1.165, 1.54) is 56.9 Å². The van der Waals surface area contributed by atoms with Crippen LogP contribution in [-0.2, 0) is 9.53 Å². The quantitative estimate of drug-likeness (QED) is 0.401. The number of rotatable bonds is 6. The molecule has 0 radical (unpaired) electrons. The molecule has 0 heterocycles. The highest BCUT2D eigenvalue weighted by Crippen LogP contribution is 2.66. The fourth-order valence-corrected chi connectivity index (χ4v) is 8.99. The van der Waals surface area contributed by atoms with Gasteiger partial charge in [0.2, 0.25) is 0 Å². The largest absolute Gasteiger partial charge is 0.372 e. The Hall–Kier alpha value is -0.630. The maximum atomic E-state index is 13.7. The maximum absolute atomic E-state index is 13.7. The van der Waals surface area contributed by atoms with Gasteiger partial charge in [0.25, 0.3) is 0 Å². The van der Waals surface area contributed by atoms with Crippen molar-refractivity contribution in [3.8, 4) is 0 Å². The first kappa shape index (κ1) is 25.5. The Balaban J connectivity index is 1.51. The first-order valence-electron chi connectivity index (χ1n) is 14.3. The second kappa shape index (κ2) is 9.11. The van der Waals surface area contributed by atoms with E-state index in [4.69, 9.17) is 4.74 Å². The van der Waals surface area contributed by atoms with Crippen LogP contribution in [-0.4, -0.2) is 17.5 Å². The molecule has 0 saturated heterocycles. The average Bonchev–Trinajstić information content (AvgIpc) is 3.05. The van der Waals surface area contributed by atoms with Crippen LogP contribution in [0.2, 0.25) is 0 Å². The third-order valence-corrected chi connectivity index (χ3v) is 10.6. The van der Waals surface area contributed by atoms with Crippen molar-refractivity contribution in [3.05, 3.63) is 11.6 Å². The Labute approximate surface area is 204 Å². The van der Waals surface area contributed by atoms with Gasteiger partial charge >= 0.3 is 0 Å². The predicted octanol–water partition coefficient (Wildman–Crippen LogP) is 8.39. The van der Waals surface area contributed by atoms with Crippen LogP contribution in [0.5, 0.6) is 0 Å². The first-order valence-corrected chi connectivity index (χ1v) is 14.3. The maximum Gasteiger partial charge on any atom is 0.159 e. The van der Waals surface area contributed by atoms with Gasteiger partial charge < -0.3 is 4.74 Å². The van der Waals surface area contributed by atoms with E-state index in [0.717, 1.165) is 30.6 Å². The van der Waals surface area contributed by atoms with Gasteiger partial charge in [-0.15, -0.1) is 0 Å². The van der Waals surface area contributed by atoms with E-state index in [1.807, 2.05) is 0 Å². The molecule has 0 bridgehead atoms. The predicted molar refractivity (Wildman–Crippen MR) is 138 cm³/mol. The van der Waals surface area contributed by atoms with Gasteiger partial charge in [-0.3, -0.25) is 4.79 Å². The van der Waals surface area contributed by atoms with E-state index in [1.54, 1.807) is 0 Å². The van der Waals surface area contributed by atoms with Crippen LogP contribution < -0.4 is 0 Å². The molecule has 0 aromatic heterocycles. The normalized spacial score (nSPS) is 41.9. The van der Waals surface area contributed by atoms with Gasteiger partial charge in [0, 0.05) is 5.92 Å². The molecule has 3 saturated carbocycles. The van der Waals surface area contributed by atoms with E-state index in [-0.39, 0.29) is 23.0 Å². The standard InChI is InChI=1S/C31H52O2/c1-20(2)10-9-11-21(3)24-12-13-25-28-26(15-17-31(24,25)8)30(7)16-14-23(33-29(4,5)6)18-22(30)19-27(28)32/h19-21,23-26,28H,9-18H2,1-8H3/t21-,23-,24-,25+,26+,28+,30-,31+/m0/s1. The number of carbonyl (C=O) groups excluding carboxylic acids is 1. The Morgan fingerprint density at radius 3 is 2.39 bits per heavy atom. The molecule has 8 atom stereocenters. The lowest BCUT2D eigenvalue weighted by Gasteiger charge is -2.58. The Morgan fingerprint density at radius 1 is 1.00 bits per heavy atom. The van der Waals surface area contributed by atoms with Gasteiger partial charge in [-0.2, -0.15) is 0 Å². The lowest BCUT2D eigenvalue weighted by atomic mass is 9.46. The molecule has 2 nitrogen and oxygen atoms in total. The second-order valence-corrected chi connectivity index (χ2v) is 14.4. The van der Waals surface area contributed by atoms with Crippen LogP contribution in [0.15, 0.2) is 11.6 Å². The minimum absolute atomic E-state index is 0.114. The lowest BCUT2D eigenvalue weighted by Crippen LogP contribution is -2.54. The van der Waals surface area contributed by atoms with Crippen LogP contribution in [0.1, 0.15) is 120 Å². The number of ether oxygens (including phenoxy) is 1. The van der Waals surface area contributed by atoms with Crippen molar-refractivity contribution in [2.24, 2.45) is 46.3 Å². The molecular formula is C31H52O2. The van der Waals surface area contributed by atoms with Crippen molar-refractivity contribution in [1.29, 1.82) is 0 Å². The molecule has 0 aromatic rings. The van der Waals surface area contributed by atoms with E-state index < -0.39 is 0 Å². The summed E-state index contributed by atoms with van der Waals surface area (Å²) >= 11 is 0. The van der Waals surface area contributed by atoms with Crippen molar-refractivity contribution >= 4 is 5.78 Å². The summed E-state index contributed by atoms with van der Waals surface area (Å²) in [4.78, 5) is 13.7. The highest BCUT2D eigenvalue weighted by Gasteiger charge is 2.61. The molecule has 4 aliphatic carbocycles. The fourth-order valence-electron chi connectivity index (χ4n) is 8.99. The Kier molecular flexibility index (Phi) is 7.03. The number of carbonyl (C=O) groups is 1. The van der Waals surface area contributed by atoms with Crippen molar-refractivity contribution in [2.75, 3.05) is 0 Å². The summed E-state index contributed by atoms with van der Waals surface area (Å²) in [6.07, 6.45) is 14.9. The first-order chi connectivity index (χ1) is 15.3. The summed E-state index contributed by atoms with van der Waals surface area (Å²) < 4.78 is 6.36. The molecular weight excluding hydrogens is 404 g/mol. The van der Waals surface area contributed by atoms with E-state index >= 15 is 0 Å². The van der Waals surface area contributed by atoms with Gasteiger partial charge in [-0.1, -0.05) is 59.5 Å². The summed E-state index contributed by atoms with van der Waals surface area (Å²) in [7, 11) is 0. The van der Waals surface area contributed by atoms with Crippen LogP contribution in [0, 0.1) is 46.3 Å². The average molecular weight is 457 g/mol.